The van der Waals surface area contributed by atoms with Gasteiger partial charge in [-0.3, -0.25) is 4.99 Å². The van der Waals surface area contributed by atoms with E-state index in [9.17, 15) is 5.11 Å². The van der Waals surface area contributed by atoms with Crippen molar-refractivity contribution >= 4 is 11.6 Å². The molecule has 3 rings (SSSR count). The summed E-state index contributed by atoms with van der Waals surface area (Å²) in [5, 5.41) is 23.3. The molecule has 0 radical (unpaired) electrons. The first-order valence-electron chi connectivity index (χ1n) is 5.82. The van der Waals surface area contributed by atoms with E-state index in [-0.39, 0.29) is 11.8 Å². The van der Waals surface area contributed by atoms with Crippen molar-refractivity contribution in [1.82, 2.24) is 20.2 Å². The summed E-state index contributed by atoms with van der Waals surface area (Å²) in [5.41, 5.74) is 1.54. The van der Waals surface area contributed by atoms with E-state index in [2.05, 4.69) is 20.4 Å². The molecule has 0 N–H and O–H groups in total. The minimum atomic E-state index is -0.0135. The minimum absolute atomic E-state index is 0.0135. The molecule has 0 saturated heterocycles. The molecular weight excluding hydrogens is 230 g/mol. The Morgan fingerprint density at radius 1 is 1.33 bits per heavy atom. The summed E-state index contributed by atoms with van der Waals surface area (Å²) in [6.45, 7) is 0. The van der Waals surface area contributed by atoms with Crippen molar-refractivity contribution in [2.24, 2.45) is 18.0 Å². The Hall–Kier alpha value is -2.24. The highest BCUT2D eigenvalue weighted by Crippen LogP contribution is 2.30. The van der Waals surface area contributed by atoms with Crippen LogP contribution in [0.1, 0.15) is 12.8 Å². The normalized spacial score (nSPS) is 15.9. The van der Waals surface area contributed by atoms with Crippen LogP contribution < -0.4 is 5.11 Å². The fourth-order valence-corrected chi connectivity index (χ4v) is 1.63. The van der Waals surface area contributed by atoms with E-state index < -0.39 is 0 Å². The zero-order valence-electron chi connectivity index (χ0n) is 9.95. The number of nitrogens with zero attached hydrogens (tertiary/aromatic N) is 5. The van der Waals surface area contributed by atoms with Gasteiger partial charge in [0, 0.05) is 5.56 Å². The first kappa shape index (κ1) is 10.9. The second-order valence-electron chi connectivity index (χ2n) is 4.37. The van der Waals surface area contributed by atoms with Gasteiger partial charge in [-0.1, -0.05) is 0 Å². The van der Waals surface area contributed by atoms with Crippen molar-refractivity contribution in [1.29, 1.82) is 0 Å². The van der Waals surface area contributed by atoms with Crippen LogP contribution in [-0.2, 0) is 7.05 Å². The smallest absolute Gasteiger partial charge is 0.204 e. The molecule has 1 aliphatic rings. The standard InChI is InChI=1S/C12H13N5O/c1-17-15-11(14-16-17)8-4-6-10(7-5-8)13-12(18)9-2-3-9/h4-7,9H,2-3H2,1H3,(H,13,18)/p-1. The van der Waals surface area contributed by atoms with E-state index in [0.29, 0.717) is 11.5 Å². The highest BCUT2D eigenvalue weighted by atomic mass is 16.3. The maximum Gasteiger partial charge on any atom is 0.204 e. The third kappa shape index (κ3) is 2.22. The first-order chi connectivity index (χ1) is 8.72. The summed E-state index contributed by atoms with van der Waals surface area (Å²) in [6, 6.07) is 7.28. The van der Waals surface area contributed by atoms with Crippen LogP contribution in [-0.4, -0.2) is 26.1 Å². The van der Waals surface area contributed by atoms with Gasteiger partial charge in [-0.25, -0.2) is 0 Å². The van der Waals surface area contributed by atoms with Crippen molar-refractivity contribution in [2.75, 3.05) is 0 Å². The molecule has 18 heavy (non-hydrogen) atoms. The van der Waals surface area contributed by atoms with Crippen LogP contribution >= 0.6 is 0 Å². The van der Waals surface area contributed by atoms with Crippen LogP contribution in [0.2, 0.25) is 0 Å². The number of tetrazole rings is 1. The van der Waals surface area contributed by atoms with Gasteiger partial charge in [0.1, 0.15) is 0 Å². The topological polar surface area (TPSA) is 79.0 Å². The maximum atomic E-state index is 11.5. The molecule has 0 spiro atoms. The van der Waals surface area contributed by atoms with Crippen LogP contribution in [0.5, 0.6) is 0 Å². The summed E-state index contributed by atoms with van der Waals surface area (Å²) in [7, 11) is 1.72. The van der Waals surface area contributed by atoms with Gasteiger partial charge < -0.3 is 5.11 Å². The molecule has 6 nitrogen and oxygen atoms in total. The van der Waals surface area contributed by atoms with E-state index >= 15 is 0 Å². The van der Waals surface area contributed by atoms with Crippen molar-refractivity contribution in [3.05, 3.63) is 24.3 Å². The molecule has 0 atom stereocenters. The van der Waals surface area contributed by atoms with Gasteiger partial charge in [-0.15, -0.1) is 10.2 Å². The number of benzene rings is 1. The van der Waals surface area contributed by atoms with Crippen LogP contribution in [0, 0.1) is 5.92 Å². The summed E-state index contributed by atoms with van der Waals surface area (Å²) < 4.78 is 0. The summed E-state index contributed by atoms with van der Waals surface area (Å²) in [6.07, 6.45) is 1.95. The van der Waals surface area contributed by atoms with Crippen LogP contribution in [0.3, 0.4) is 0 Å². The lowest BCUT2D eigenvalue weighted by atomic mass is 10.2. The Labute approximate surface area is 104 Å². The number of hydrogen-bond donors (Lipinski definition) is 0. The summed E-state index contributed by atoms with van der Waals surface area (Å²) in [4.78, 5) is 5.47. The fraction of sp³-hybridized carbons (Fsp3) is 0.333. The number of aliphatic imine (C=N–C) groups is 1. The first-order valence-corrected chi connectivity index (χ1v) is 5.82. The average Bonchev–Trinajstić information content (AvgIpc) is 3.13. The molecule has 1 aliphatic carbocycles. The highest BCUT2D eigenvalue weighted by molar-refractivity contribution is 5.79. The quantitative estimate of drug-likeness (QED) is 0.585. The molecule has 92 valence electrons. The largest absolute Gasteiger partial charge is 0.861 e. The third-order valence-corrected chi connectivity index (χ3v) is 2.80. The molecule has 1 aromatic carbocycles. The number of aryl methyl sites for hydroxylation is 1. The van der Waals surface area contributed by atoms with Crippen LogP contribution in [0.25, 0.3) is 11.4 Å². The van der Waals surface area contributed by atoms with E-state index in [4.69, 9.17) is 0 Å². The number of rotatable bonds is 3. The van der Waals surface area contributed by atoms with Crippen molar-refractivity contribution in [2.45, 2.75) is 12.8 Å². The van der Waals surface area contributed by atoms with Gasteiger partial charge in [0.05, 0.1) is 12.7 Å². The summed E-state index contributed by atoms with van der Waals surface area (Å²) >= 11 is 0. The highest BCUT2D eigenvalue weighted by Gasteiger charge is 2.21. The van der Waals surface area contributed by atoms with Crippen molar-refractivity contribution in [3.63, 3.8) is 0 Å². The Morgan fingerprint density at radius 2 is 2.06 bits per heavy atom. The minimum Gasteiger partial charge on any atom is -0.861 e. The molecule has 1 saturated carbocycles. The second-order valence-corrected chi connectivity index (χ2v) is 4.37. The fourth-order valence-electron chi connectivity index (χ4n) is 1.63. The molecule has 1 heterocycles. The monoisotopic (exact) mass is 242 g/mol. The van der Waals surface area contributed by atoms with Gasteiger partial charge in [0.2, 0.25) is 5.82 Å². The number of aromatic nitrogens is 4. The van der Waals surface area contributed by atoms with Gasteiger partial charge in [0.15, 0.2) is 0 Å². The molecule has 0 unspecified atom stereocenters. The van der Waals surface area contributed by atoms with E-state index in [1.165, 1.54) is 4.80 Å². The molecule has 0 bridgehead atoms. The van der Waals surface area contributed by atoms with Gasteiger partial charge in [-0.05, 0) is 54.1 Å². The van der Waals surface area contributed by atoms with E-state index in [0.717, 1.165) is 18.4 Å². The average molecular weight is 242 g/mol. The maximum absolute atomic E-state index is 11.5. The van der Waals surface area contributed by atoms with Crippen LogP contribution in [0.15, 0.2) is 29.3 Å². The molecule has 6 heteroatoms. The Morgan fingerprint density at radius 3 is 2.61 bits per heavy atom. The summed E-state index contributed by atoms with van der Waals surface area (Å²) in [5.74, 6) is 0.712. The van der Waals surface area contributed by atoms with Crippen LogP contribution in [0.4, 0.5) is 5.69 Å². The van der Waals surface area contributed by atoms with Crippen molar-refractivity contribution in [3.8, 4) is 11.4 Å². The van der Waals surface area contributed by atoms with Gasteiger partial charge >= 0.3 is 0 Å². The number of hydrogen-bond acceptors (Lipinski definition) is 5. The van der Waals surface area contributed by atoms with Gasteiger partial charge in [-0.2, -0.15) is 4.80 Å². The van der Waals surface area contributed by atoms with Gasteiger partial charge in [0.25, 0.3) is 0 Å². The zero-order valence-corrected chi connectivity index (χ0v) is 9.95. The van der Waals surface area contributed by atoms with E-state index in [1.54, 1.807) is 19.2 Å². The predicted molar refractivity (Wildman–Crippen MR) is 64.1 cm³/mol. The van der Waals surface area contributed by atoms with Crippen molar-refractivity contribution < 1.29 is 5.11 Å². The molecule has 1 fully saturated rings. The second kappa shape index (κ2) is 4.21. The molecular formula is C12H12N5O-. The third-order valence-electron chi connectivity index (χ3n) is 2.80. The SMILES string of the molecule is Cn1nnc(-c2ccc(N=C([O-])C3CC3)cc2)n1. The lowest BCUT2D eigenvalue weighted by Crippen LogP contribution is -2.18. The Kier molecular flexibility index (Phi) is 2.55. The molecule has 2 aromatic rings. The van der Waals surface area contributed by atoms with E-state index in [1.807, 2.05) is 12.1 Å². The molecule has 0 amide bonds. The molecule has 1 aromatic heterocycles. The zero-order chi connectivity index (χ0) is 12.5. The Bertz CT molecular complexity index is 583. The Balaban J connectivity index is 1.82. The lowest BCUT2D eigenvalue weighted by Gasteiger charge is -2.08. The molecule has 0 aliphatic heterocycles. The predicted octanol–water partition coefficient (Wildman–Crippen LogP) is 0.677. The lowest BCUT2D eigenvalue weighted by molar-refractivity contribution is -0.220.